The fourth-order valence-corrected chi connectivity index (χ4v) is 5.06. The third-order valence-corrected chi connectivity index (χ3v) is 7.01. The highest BCUT2D eigenvalue weighted by Gasteiger charge is 2.27. The average molecular weight is 430 g/mol. The van der Waals surface area contributed by atoms with Crippen LogP contribution in [-0.4, -0.2) is 53.8 Å². The van der Waals surface area contributed by atoms with Gasteiger partial charge >= 0.3 is 0 Å². The summed E-state index contributed by atoms with van der Waals surface area (Å²) in [6.07, 6.45) is 1.95. The lowest BCUT2D eigenvalue weighted by Crippen LogP contribution is -2.27. The summed E-state index contributed by atoms with van der Waals surface area (Å²) in [5.41, 5.74) is 1.77. The largest absolute Gasteiger partial charge is 0.495 e. The minimum absolute atomic E-state index is 0.184. The van der Waals surface area contributed by atoms with Gasteiger partial charge in [-0.2, -0.15) is 4.31 Å². The first-order valence-electron chi connectivity index (χ1n) is 9.75. The van der Waals surface area contributed by atoms with Crippen molar-refractivity contribution in [3.05, 3.63) is 42.5 Å². The quantitative estimate of drug-likeness (QED) is 0.617. The molecule has 1 fully saturated rings. The zero-order valence-corrected chi connectivity index (χ0v) is 17.4. The second-order valence-electron chi connectivity index (χ2n) is 7.07. The van der Waals surface area contributed by atoms with Gasteiger partial charge in [0.05, 0.1) is 29.8 Å². The van der Waals surface area contributed by atoms with Gasteiger partial charge in [0.1, 0.15) is 11.3 Å². The predicted molar refractivity (Wildman–Crippen MR) is 112 cm³/mol. The highest BCUT2D eigenvalue weighted by Crippen LogP contribution is 2.25. The van der Waals surface area contributed by atoms with Gasteiger partial charge in [-0.25, -0.2) is 13.1 Å². The van der Waals surface area contributed by atoms with Gasteiger partial charge in [0.15, 0.2) is 0 Å². The number of methoxy groups -OCH3 is 1. The average Bonchev–Trinajstić information content (AvgIpc) is 3.43. The number of sulfonamides is 1. The van der Waals surface area contributed by atoms with E-state index in [9.17, 15) is 13.2 Å². The first-order chi connectivity index (χ1) is 14.5. The van der Waals surface area contributed by atoms with Crippen LogP contribution in [0.25, 0.3) is 11.0 Å². The number of amides is 1. The molecule has 0 unspecified atom stereocenters. The van der Waals surface area contributed by atoms with Gasteiger partial charge in [0, 0.05) is 19.5 Å². The van der Waals surface area contributed by atoms with Crippen LogP contribution in [0.15, 0.2) is 47.4 Å². The van der Waals surface area contributed by atoms with Crippen LogP contribution >= 0.6 is 0 Å². The number of rotatable bonds is 7. The summed E-state index contributed by atoms with van der Waals surface area (Å²) in [4.78, 5) is 12.6. The first-order valence-corrected chi connectivity index (χ1v) is 11.2. The summed E-state index contributed by atoms with van der Waals surface area (Å²) >= 11 is 0. The number of anilines is 1. The lowest BCUT2D eigenvalue weighted by Gasteiger charge is -2.15. The van der Waals surface area contributed by atoms with E-state index in [4.69, 9.17) is 4.74 Å². The SMILES string of the molecule is COc1ccccc1NC(=O)CCn1nnc2cc(S(=O)(=O)N3CCCC3)ccc21. The fraction of sp³-hybridized carbons (Fsp3) is 0.350. The minimum Gasteiger partial charge on any atom is -0.495 e. The van der Waals surface area contributed by atoms with Crippen molar-refractivity contribution in [1.82, 2.24) is 19.3 Å². The maximum atomic E-state index is 12.7. The molecule has 10 heteroatoms. The van der Waals surface area contributed by atoms with Crippen LogP contribution in [0.3, 0.4) is 0 Å². The lowest BCUT2D eigenvalue weighted by atomic mass is 10.2. The Hall–Kier alpha value is -2.98. The van der Waals surface area contributed by atoms with E-state index in [1.165, 1.54) is 4.31 Å². The molecule has 158 valence electrons. The number of nitrogens with zero attached hydrogens (tertiary/aromatic N) is 4. The van der Waals surface area contributed by atoms with Gasteiger partial charge in [-0.05, 0) is 43.2 Å². The number of fused-ring (bicyclic) bond motifs is 1. The summed E-state index contributed by atoms with van der Waals surface area (Å²) in [7, 11) is -1.96. The maximum Gasteiger partial charge on any atom is 0.243 e. The molecule has 1 saturated heterocycles. The molecule has 4 rings (SSSR count). The van der Waals surface area contributed by atoms with Crippen molar-refractivity contribution in [3.63, 3.8) is 0 Å². The molecule has 1 aliphatic heterocycles. The Morgan fingerprint density at radius 3 is 2.70 bits per heavy atom. The van der Waals surface area contributed by atoms with Crippen LogP contribution in [0.4, 0.5) is 5.69 Å². The van der Waals surface area contributed by atoms with E-state index in [1.54, 1.807) is 42.1 Å². The Labute approximate surface area is 174 Å². The molecule has 0 radical (unpaired) electrons. The Morgan fingerprint density at radius 1 is 1.17 bits per heavy atom. The smallest absolute Gasteiger partial charge is 0.243 e. The van der Waals surface area contributed by atoms with Crippen molar-refractivity contribution in [1.29, 1.82) is 0 Å². The molecule has 30 heavy (non-hydrogen) atoms. The number of nitrogens with one attached hydrogen (secondary N) is 1. The van der Waals surface area contributed by atoms with E-state index in [0.29, 0.717) is 42.1 Å². The van der Waals surface area contributed by atoms with E-state index in [1.807, 2.05) is 12.1 Å². The van der Waals surface area contributed by atoms with Crippen molar-refractivity contribution < 1.29 is 17.9 Å². The second kappa shape index (κ2) is 8.41. The topological polar surface area (TPSA) is 106 Å². The molecule has 2 heterocycles. The van der Waals surface area contributed by atoms with Gasteiger partial charge in [0.25, 0.3) is 0 Å². The zero-order valence-electron chi connectivity index (χ0n) is 16.6. The number of para-hydroxylation sites is 2. The molecular formula is C20H23N5O4S. The van der Waals surface area contributed by atoms with Crippen molar-refractivity contribution in [2.75, 3.05) is 25.5 Å². The Balaban J connectivity index is 1.46. The number of aromatic nitrogens is 3. The van der Waals surface area contributed by atoms with Crippen LogP contribution in [0, 0.1) is 0 Å². The predicted octanol–water partition coefficient (Wildman–Crippen LogP) is 2.25. The molecule has 1 amide bonds. The van der Waals surface area contributed by atoms with Crippen LogP contribution in [-0.2, 0) is 21.4 Å². The maximum absolute atomic E-state index is 12.7. The molecule has 2 aromatic carbocycles. The molecule has 1 N–H and O–H groups in total. The highest BCUT2D eigenvalue weighted by atomic mass is 32.2. The van der Waals surface area contributed by atoms with E-state index in [-0.39, 0.29) is 17.2 Å². The summed E-state index contributed by atoms with van der Waals surface area (Å²) < 4.78 is 33.8. The van der Waals surface area contributed by atoms with Gasteiger partial charge < -0.3 is 10.1 Å². The third kappa shape index (κ3) is 4.01. The summed E-state index contributed by atoms with van der Waals surface area (Å²) in [6.45, 7) is 1.42. The van der Waals surface area contributed by atoms with Crippen molar-refractivity contribution >= 4 is 32.7 Å². The van der Waals surface area contributed by atoms with Gasteiger partial charge in [-0.1, -0.05) is 17.3 Å². The van der Waals surface area contributed by atoms with Gasteiger partial charge in [-0.3, -0.25) is 4.79 Å². The van der Waals surface area contributed by atoms with Crippen LogP contribution < -0.4 is 10.1 Å². The number of hydrogen-bond acceptors (Lipinski definition) is 6. The molecule has 0 atom stereocenters. The Bertz CT molecular complexity index is 1170. The number of carbonyl (C=O) groups is 1. The summed E-state index contributed by atoms with van der Waals surface area (Å²) in [5.74, 6) is 0.403. The molecule has 3 aromatic rings. The summed E-state index contributed by atoms with van der Waals surface area (Å²) in [5, 5.41) is 11.0. The third-order valence-electron chi connectivity index (χ3n) is 5.12. The first kappa shape index (κ1) is 20.3. The molecular weight excluding hydrogens is 406 g/mol. The van der Waals surface area contributed by atoms with E-state index in [2.05, 4.69) is 15.6 Å². The monoisotopic (exact) mass is 429 g/mol. The number of benzene rings is 2. The highest BCUT2D eigenvalue weighted by molar-refractivity contribution is 7.89. The molecule has 1 aromatic heterocycles. The van der Waals surface area contributed by atoms with Crippen molar-refractivity contribution in [3.8, 4) is 5.75 Å². The van der Waals surface area contributed by atoms with Gasteiger partial charge in [-0.15, -0.1) is 5.10 Å². The normalized spacial score (nSPS) is 14.8. The van der Waals surface area contributed by atoms with Crippen molar-refractivity contribution in [2.24, 2.45) is 0 Å². The van der Waals surface area contributed by atoms with Crippen molar-refractivity contribution in [2.45, 2.75) is 30.7 Å². The summed E-state index contributed by atoms with van der Waals surface area (Å²) in [6, 6.07) is 12.0. The van der Waals surface area contributed by atoms with E-state index < -0.39 is 10.0 Å². The molecule has 0 saturated carbocycles. The van der Waals surface area contributed by atoms with Crippen LogP contribution in [0.5, 0.6) is 5.75 Å². The number of aryl methyl sites for hydroxylation is 1. The number of carbonyl (C=O) groups excluding carboxylic acids is 1. The number of ether oxygens (including phenoxy) is 1. The standard InChI is InChI=1S/C20H23N5O4S/c1-29-19-7-3-2-6-16(19)21-20(26)10-13-25-18-9-8-15(14-17(18)22-23-25)30(27,28)24-11-4-5-12-24/h2-3,6-9,14H,4-5,10-13H2,1H3,(H,21,26). The van der Waals surface area contributed by atoms with E-state index in [0.717, 1.165) is 12.8 Å². The second-order valence-corrected chi connectivity index (χ2v) is 9.01. The molecule has 0 spiro atoms. The van der Waals surface area contributed by atoms with Crippen LogP contribution in [0.2, 0.25) is 0 Å². The molecule has 1 aliphatic rings. The molecule has 0 aliphatic carbocycles. The van der Waals surface area contributed by atoms with E-state index >= 15 is 0 Å². The molecule has 0 bridgehead atoms. The lowest BCUT2D eigenvalue weighted by molar-refractivity contribution is -0.116. The fourth-order valence-electron chi connectivity index (χ4n) is 3.52. The van der Waals surface area contributed by atoms with Crippen LogP contribution in [0.1, 0.15) is 19.3 Å². The minimum atomic E-state index is -3.51. The Morgan fingerprint density at radius 2 is 1.93 bits per heavy atom. The number of hydrogen-bond donors (Lipinski definition) is 1. The molecule has 9 nitrogen and oxygen atoms in total. The zero-order chi connectivity index (χ0) is 21.1. The Kier molecular flexibility index (Phi) is 5.69. The van der Waals surface area contributed by atoms with Gasteiger partial charge in [0.2, 0.25) is 15.9 Å².